The van der Waals surface area contributed by atoms with E-state index in [0.29, 0.717) is 5.88 Å². The molecule has 0 saturated heterocycles. The number of hydrogen-bond acceptors (Lipinski definition) is 3. The highest BCUT2D eigenvalue weighted by Gasteiger charge is 2.07. The molecule has 0 atom stereocenters. The van der Waals surface area contributed by atoms with E-state index < -0.39 is 0 Å². The van der Waals surface area contributed by atoms with Gasteiger partial charge in [0.2, 0.25) is 5.88 Å². The topological polar surface area (TPSA) is 52.0 Å². The number of hydrogen-bond donors (Lipinski definition) is 1. The van der Waals surface area contributed by atoms with Crippen molar-refractivity contribution in [2.45, 2.75) is 6.92 Å². The lowest BCUT2D eigenvalue weighted by molar-refractivity contribution is 0.439. The third-order valence-corrected chi connectivity index (χ3v) is 2.62. The minimum absolute atomic E-state index is 0.327. The molecule has 1 aromatic carbocycles. The Morgan fingerprint density at radius 3 is 2.79 bits per heavy atom. The second-order valence-corrected chi connectivity index (χ2v) is 3.95. The van der Waals surface area contributed by atoms with E-state index in [4.69, 9.17) is 10.3 Å². The predicted octanol–water partition coefficient (Wildman–Crippen LogP) is 2.99. The largest absolute Gasteiger partial charge is 0.368 e. The average molecular weight is 253 g/mol. The van der Waals surface area contributed by atoms with Gasteiger partial charge >= 0.3 is 0 Å². The Balaban J connectivity index is 2.55. The van der Waals surface area contributed by atoms with Crippen molar-refractivity contribution in [2.24, 2.45) is 0 Å². The fourth-order valence-electron chi connectivity index (χ4n) is 1.25. The molecule has 3 nitrogen and oxygen atoms in total. The van der Waals surface area contributed by atoms with Crippen LogP contribution < -0.4 is 5.73 Å². The number of nitrogen functional groups attached to an aromatic ring is 1. The van der Waals surface area contributed by atoms with Crippen LogP contribution in [0.3, 0.4) is 0 Å². The summed E-state index contributed by atoms with van der Waals surface area (Å²) in [5, 5.41) is 3.86. The molecular weight excluding hydrogens is 244 g/mol. The van der Waals surface area contributed by atoms with Crippen LogP contribution in [-0.4, -0.2) is 5.16 Å². The minimum Gasteiger partial charge on any atom is -0.368 e. The van der Waals surface area contributed by atoms with Crippen molar-refractivity contribution in [3.8, 4) is 11.3 Å². The number of benzene rings is 1. The van der Waals surface area contributed by atoms with Crippen molar-refractivity contribution in [3.63, 3.8) is 0 Å². The Labute approximate surface area is 90.0 Å². The van der Waals surface area contributed by atoms with Crippen molar-refractivity contribution in [1.29, 1.82) is 0 Å². The van der Waals surface area contributed by atoms with E-state index in [0.717, 1.165) is 15.7 Å². The molecule has 1 heterocycles. The Bertz CT molecular complexity index is 465. The first-order valence-corrected chi connectivity index (χ1v) is 4.95. The highest BCUT2D eigenvalue weighted by Crippen LogP contribution is 2.29. The van der Waals surface area contributed by atoms with Crippen molar-refractivity contribution >= 4 is 21.8 Å². The highest BCUT2D eigenvalue weighted by molar-refractivity contribution is 9.10. The molecule has 0 aliphatic heterocycles. The van der Waals surface area contributed by atoms with Gasteiger partial charge in [-0.25, -0.2) is 0 Å². The molecular formula is C10H9BrN2O. The van der Waals surface area contributed by atoms with Crippen LogP contribution in [0.5, 0.6) is 0 Å². The van der Waals surface area contributed by atoms with Gasteiger partial charge in [0.05, 0.1) is 0 Å². The van der Waals surface area contributed by atoms with Gasteiger partial charge in [-0.05, 0) is 19.1 Å². The summed E-state index contributed by atoms with van der Waals surface area (Å²) in [7, 11) is 0. The Morgan fingerprint density at radius 1 is 1.36 bits per heavy atom. The standard InChI is InChI=1S/C10H9BrN2O/c1-6-2-3-8(11)7(4-6)9-5-10(12)14-13-9/h2-5H,12H2,1H3. The zero-order valence-corrected chi connectivity index (χ0v) is 9.21. The molecule has 4 heteroatoms. The molecule has 1 aromatic heterocycles. The van der Waals surface area contributed by atoms with Gasteiger partial charge in [0.1, 0.15) is 5.69 Å². The van der Waals surface area contributed by atoms with Crippen molar-refractivity contribution in [1.82, 2.24) is 5.16 Å². The van der Waals surface area contributed by atoms with E-state index in [9.17, 15) is 0 Å². The van der Waals surface area contributed by atoms with Gasteiger partial charge in [-0.15, -0.1) is 0 Å². The van der Waals surface area contributed by atoms with E-state index in [-0.39, 0.29) is 0 Å². The van der Waals surface area contributed by atoms with Crippen molar-refractivity contribution in [3.05, 3.63) is 34.3 Å². The zero-order valence-electron chi connectivity index (χ0n) is 7.62. The smallest absolute Gasteiger partial charge is 0.222 e. The molecule has 0 aliphatic rings. The number of nitrogens with two attached hydrogens (primary N) is 1. The summed E-state index contributed by atoms with van der Waals surface area (Å²) in [4.78, 5) is 0. The van der Waals surface area contributed by atoms with E-state index in [1.165, 1.54) is 5.56 Å². The maximum atomic E-state index is 5.46. The van der Waals surface area contributed by atoms with Crippen LogP contribution in [0.2, 0.25) is 0 Å². The first-order chi connectivity index (χ1) is 6.66. The molecule has 0 amide bonds. The Morgan fingerprint density at radius 2 is 2.14 bits per heavy atom. The normalized spacial score (nSPS) is 10.4. The van der Waals surface area contributed by atoms with Crippen LogP contribution in [-0.2, 0) is 0 Å². The monoisotopic (exact) mass is 252 g/mol. The summed E-state index contributed by atoms with van der Waals surface area (Å²) in [5.74, 6) is 0.327. The number of halogens is 1. The van der Waals surface area contributed by atoms with E-state index in [2.05, 4.69) is 21.1 Å². The SMILES string of the molecule is Cc1ccc(Br)c(-c2cc(N)on2)c1. The third-order valence-electron chi connectivity index (χ3n) is 1.93. The van der Waals surface area contributed by atoms with E-state index >= 15 is 0 Å². The molecule has 72 valence electrons. The van der Waals surface area contributed by atoms with Gasteiger partial charge in [-0.3, -0.25) is 0 Å². The number of nitrogens with zero attached hydrogens (tertiary/aromatic N) is 1. The lowest BCUT2D eigenvalue weighted by Crippen LogP contribution is -1.81. The van der Waals surface area contributed by atoms with Gasteiger partial charge in [-0.2, -0.15) is 0 Å². The molecule has 2 aromatic rings. The fourth-order valence-corrected chi connectivity index (χ4v) is 1.70. The molecule has 0 spiro atoms. The quantitative estimate of drug-likeness (QED) is 0.849. The zero-order chi connectivity index (χ0) is 10.1. The molecule has 0 fully saturated rings. The molecule has 2 rings (SSSR count). The molecule has 0 aliphatic carbocycles. The van der Waals surface area contributed by atoms with Crippen LogP contribution in [0.1, 0.15) is 5.56 Å². The second-order valence-electron chi connectivity index (χ2n) is 3.10. The molecule has 0 unspecified atom stereocenters. The Kier molecular flexibility index (Phi) is 2.29. The number of aromatic nitrogens is 1. The highest BCUT2D eigenvalue weighted by atomic mass is 79.9. The number of rotatable bonds is 1. The lowest BCUT2D eigenvalue weighted by Gasteiger charge is -2.00. The van der Waals surface area contributed by atoms with Gasteiger partial charge in [0.15, 0.2) is 0 Å². The lowest BCUT2D eigenvalue weighted by atomic mass is 10.1. The molecule has 0 saturated carbocycles. The second kappa shape index (κ2) is 3.46. The first-order valence-electron chi connectivity index (χ1n) is 4.15. The maximum Gasteiger partial charge on any atom is 0.222 e. The van der Waals surface area contributed by atoms with Crippen LogP contribution in [0.4, 0.5) is 5.88 Å². The summed E-state index contributed by atoms with van der Waals surface area (Å²) in [6.07, 6.45) is 0. The van der Waals surface area contributed by atoms with Gasteiger partial charge < -0.3 is 10.3 Å². The number of anilines is 1. The minimum atomic E-state index is 0.327. The van der Waals surface area contributed by atoms with Crippen molar-refractivity contribution < 1.29 is 4.52 Å². The van der Waals surface area contributed by atoms with Crippen LogP contribution in [0.15, 0.2) is 33.3 Å². The van der Waals surface area contributed by atoms with Crippen LogP contribution in [0, 0.1) is 6.92 Å². The summed E-state index contributed by atoms with van der Waals surface area (Å²) >= 11 is 3.45. The average Bonchev–Trinajstić information content (AvgIpc) is 2.56. The summed E-state index contributed by atoms with van der Waals surface area (Å²) in [6.45, 7) is 2.03. The van der Waals surface area contributed by atoms with Gasteiger partial charge in [0, 0.05) is 16.1 Å². The summed E-state index contributed by atoms with van der Waals surface area (Å²) in [6, 6.07) is 7.74. The first kappa shape index (κ1) is 9.27. The van der Waals surface area contributed by atoms with Crippen LogP contribution in [0.25, 0.3) is 11.3 Å². The van der Waals surface area contributed by atoms with Gasteiger partial charge in [-0.1, -0.05) is 32.7 Å². The predicted molar refractivity (Wildman–Crippen MR) is 58.8 cm³/mol. The van der Waals surface area contributed by atoms with Crippen LogP contribution >= 0.6 is 15.9 Å². The van der Waals surface area contributed by atoms with Crippen molar-refractivity contribution in [2.75, 3.05) is 5.73 Å². The molecule has 0 bridgehead atoms. The Hall–Kier alpha value is -1.29. The molecule has 14 heavy (non-hydrogen) atoms. The maximum absolute atomic E-state index is 5.46. The summed E-state index contributed by atoms with van der Waals surface area (Å²) < 4.78 is 5.80. The fraction of sp³-hybridized carbons (Fsp3) is 0.100. The molecule has 0 radical (unpaired) electrons. The third kappa shape index (κ3) is 1.65. The van der Waals surface area contributed by atoms with Gasteiger partial charge in [0.25, 0.3) is 0 Å². The number of aryl methyl sites for hydroxylation is 1. The van der Waals surface area contributed by atoms with E-state index in [1.807, 2.05) is 25.1 Å². The van der Waals surface area contributed by atoms with E-state index in [1.54, 1.807) is 6.07 Å². The molecule has 2 N–H and O–H groups in total. The summed E-state index contributed by atoms with van der Waals surface area (Å²) in [5.41, 5.74) is 8.37.